The lowest BCUT2D eigenvalue weighted by molar-refractivity contribution is 0.573. The predicted molar refractivity (Wildman–Crippen MR) is 52.6 cm³/mol. The van der Waals surface area contributed by atoms with Gasteiger partial charge in [-0.25, -0.2) is 9.97 Å². The molecule has 2 rings (SSSR count). The van der Waals surface area contributed by atoms with Gasteiger partial charge in [0.15, 0.2) is 0 Å². The first-order valence-electron chi connectivity index (χ1n) is 4.98. The lowest BCUT2D eigenvalue weighted by atomic mass is 10.2. The van der Waals surface area contributed by atoms with Crippen molar-refractivity contribution in [3.8, 4) is 0 Å². The van der Waals surface area contributed by atoms with Crippen molar-refractivity contribution in [2.45, 2.75) is 31.7 Å². The summed E-state index contributed by atoms with van der Waals surface area (Å²) >= 11 is 0. The van der Waals surface area contributed by atoms with E-state index in [2.05, 4.69) is 14.9 Å². The maximum absolute atomic E-state index is 12.8. The van der Waals surface area contributed by atoms with Gasteiger partial charge in [-0.15, -0.1) is 0 Å². The van der Waals surface area contributed by atoms with Crippen molar-refractivity contribution < 1.29 is 4.39 Å². The molecule has 0 amide bonds. The molecule has 0 radical (unpaired) electrons. The average Bonchev–Trinajstić information content (AvgIpc) is 2.69. The SMILES string of the molecule is CN(c1cc(F)ncn1)C1CCCC1. The van der Waals surface area contributed by atoms with E-state index in [0.29, 0.717) is 11.9 Å². The molecule has 4 heteroatoms. The zero-order chi connectivity index (χ0) is 9.97. The molecule has 0 unspecified atom stereocenters. The number of hydrogen-bond acceptors (Lipinski definition) is 3. The number of nitrogens with zero attached hydrogens (tertiary/aromatic N) is 3. The predicted octanol–water partition coefficient (Wildman–Crippen LogP) is 1.99. The van der Waals surface area contributed by atoms with Crippen molar-refractivity contribution in [3.05, 3.63) is 18.3 Å². The van der Waals surface area contributed by atoms with Crippen molar-refractivity contribution in [2.24, 2.45) is 0 Å². The largest absolute Gasteiger partial charge is 0.357 e. The molecule has 1 fully saturated rings. The van der Waals surface area contributed by atoms with Gasteiger partial charge in [0.25, 0.3) is 0 Å². The van der Waals surface area contributed by atoms with Gasteiger partial charge in [-0.1, -0.05) is 12.8 Å². The summed E-state index contributed by atoms with van der Waals surface area (Å²) in [6.07, 6.45) is 6.17. The van der Waals surface area contributed by atoms with Gasteiger partial charge >= 0.3 is 0 Å². The molecule has 0 spiro atoms. The highest BCUT2D eigenvalue weighted by molar-refractivity contribution is 5.37. The maximum atomic E-state index is 12.8. The van der Waals surface area contributed by atoms with Crippen molar-refractivity contribution >= 4 is 5.82 Å². The van der Waals surface area contributed by atoms with E-state index in [0.717, 1.165) is 0 Å². The highest BCUT2D eigenvalue weighted by atomic mass is 19.1. The van der Waals surface area contributed by atoms with Crippen LogP contribution >= 0.6 is 0 Å². The quantitative estimate of drug-likeness (QED) is 0.676. The Kier molecular flexibility index (Phi) is 2.61. The van der Waals surface area contributed by atoms with Gasteiger partial charge in [0.1, 0.15) is 12.1 Å². The molecule has 0 N–H and O–H groups in total. The second kappa shape index (κ2) is 3.90. The van der Waals surface area contributed by atoms with Gasteiger partial charge in [0.05, 0.1) is 0 Å². The van der Waals surface area contributed by atoms with Crippen LogP contribution in [0.15, 0.2) is 12.4 Å². The van der Waals surface area contributed by atoms with Gasteiger partial charge in [-0.05, 0) is 12.8 Å². The number of aromatic nitrogens is 2. The molecule has 1 aromatic heterocycles. The van der Waals surface area contributed by atoms with E-state index in [4.69, 9.17) is 0 Å². The number of rotatable bonds is 2. The Bertz CT molecular complexity index is 310. The Balaban J connectivity index is 2.13. The van der Waals surface area contributed by atoms with E-state index >= 15 is 0 Å². The molecule has 1 aromatic rings. The fourth-order valence-electron chi connectivity index (χ4n) is 2.00. The minimum Gasteiger partial charge on any atom is -0.357 e. The van der Waals surface area contributed by atoms with Crippen LogP contribution in [0.1, 0.15) is 25.7 Å². The van der Waals surface area contributed by atoms with Crippen LogP contribution in [-0.4, -0.2) is 23.1 Å². The second-order valence-electron chi connectivity index (χ2n) is 3.75. The summed E-state index contributed by atoms with van der Waals surface area (Å²) in [6.45, 7) is 0. The van der Waals surface area contributed by atoms with Crippen LogP contribution in [0.3, 0.4) is 0 Å². The topological polar surface area (TPSA) is 29.0 Å². The second-order valence-corrected chi connectivity index (χ2v) is 3.75. The lowest BCUT2D eigenvalue weighted by Gasteiger charge is -2.24. The highest BCUT2D eigenvalue weighted by Gasteiger charge is 2.20. The zero-order valence-electron chi connectivity index (χ0n) is 8.28. The molecule has 1 heterocycles. The Morgan fingerprint density at radius 2 is 2.07 bits per heavy atom. The van der Waals surface area contributed by atoms with E-state index < -0.39 is 5.95 Å². The molecule has 0 bridgehead atoms. The smallest absolute Gasteiger partial charge is 0.218 e. The van der Waals surface area contributed by atoms with Crippen LogP contribution in [0.4, 0.5) is 10.2 Å². The molecular formula is C10H14FN3. The molecule has 0 saturated heterocycles. The summed E-state index contributed by atoms with van der Waals surface area (Å²) in [6, 6.07) is 1.91. The normalized spacial score (nSPS) is 17.3. The van der Waals surface area contributed by atoms with Crippen LogP contribution in [-0.2, 0) is 0 Å². The van der Waals surface area contributed by atoms with E-state index in [1.165, 1.54) is 38.1 Å². The van der Waals surface area contributed by atoms with Crippen molar-refractivity contribution in [1.29, 1.82) is 0 Å². The van der Waals surface area contributed by atoms with Crippen molar-refractivity contribution in [1.82, 2.24) is 9.97 Å². The molecule has 1 saturated carbocycles. The summed E-state index contributed by atoms with van der Waals surface area (Å²) in [7, 11) is 1.97. The van der Waals surface area contributed by atoms with Crippen LogP contribution in [0.2, 0.25) is 0 Å². The third-order valence-electron chi connectivity index (χ3n) is 2.85. The van der Waals surface area contributed by atoms with E-state index in [1.54, 1.807) is 0 Å². The van der Waals surface area contributed by atoms with Gasteiger partial charge in [-0.3, -0.25) is 0 Å². The average molecular weight is 195 g/mol. The van der Waals surface area contributed by atoms with Crippen molar-refractivity contribution in [3.63, 3.8) is 0 Å². The van der Waals surface area contributed by atoms with E-state index in [-0.39, 0.29) is 0 Å². The summed E-state index contributed by atoms with van der Waals surface area (Å²) < 4.78 is 12.8. The fourth-order valence-corrected chi connectivity index (χ4v) is 2.00. The Morgan fingerprint density at radius 1 is 1.36 bits per heavy atom. The molecular weight excluding hydrogens is 181 g/mol. The van der Waals surface area contributed by atoms with Crippen LogP contribution in [0, 0.1) is 5.95 Å². The third kappa shape index (κ3) is 1.84. The first kappa shape index (κ1) is 9.37. The summed E-state index contributed by atoms with van der Waals surface area (Å²) in [5.74, 6) is 0.226. The number of anilines is 1. The van der Waals surface area contributed by atoms with Crippen LogP contribution < -0.4 is 4.90 Å². The van der Waals surface area contributed by atoms with E-state index in [1.807, 2.05) is 7.05 Å². The van der Waals surface area contributed by atoms with Crippen LogP contribution in [0.5, 0.6) is 0 Å². The molecule has 76 valence electrons. The molecule has 14 heavy (non-hydrogen) atoms. The molecule has 3 nitrogen and oxygen atoms in total. The molecule has 1 aliphatic rings. The number of halogens is 1. The maximum Gasteiger partial charge on any atom is 0.218 e. The standard InChI is InChI=1S/C10H14FN3/c1-14(8-4-2-3-5-8)10-6-9(11)12-7-13-10/h6-8H,2-5H2,1H3. The van der Waals surface area contributed by atoms with Gasteiger partial charge in [0, 0.05) is 19.2 Å². The molecule has 0 aromatic carbocycles. The monoisotopic (exact) mass is 195 g/mol. The molecule has 1 aliphatic carbocycles. The van der Waals surface area contributed by atoms with E-state index in [9.17, 15) is 4.39 Å². The zero-order valence-corrected chi connectivity index (χ0v) is 8.28. The Morgan fingerprint density at radius 3 is 2.71 bits per heavy atom. The minimum atomic E-state index is -0.458. The first-order chi connectivity index (χ1) is 6.77. The third-order valence-corrected chi connectivity index (χ3v) is 2.85. The minimum absolute atomic E-state index is 0.458. The first-order valence-corrected chi connectivity index (χ1v) is 4.98. The van der Waals surface area contributed by atoms with Gasteiger partial charge in [0.2, 0.25) is 5.95 Å². The fraction of sp³-hybridized carbons (Fsp3) is 0.600. The molecule has 0 atom stereocenters. The van der Waals surface area contributed by atoms with Crippen LogP contribution in [0.25, 0.3) is 0 Å². The summed E-state index contributed by atoms with van der Waals surface area (Å²) in [5, 5.41) is 0. The molecule has 0 aliphatic heterocycles. The summed E-state index contributed by atoms with van der Waals surface area (Å²) in [4.78, 5) is 9.56. The van der Waals surface area contributed by atoms with Gasteiger partial charge < -0.3 is 4.90 Å². The van der Waals surface area contributed by atoms with Gasteiger partial charge in [-0.2, -0.15) is 4.39 Å². The Labute approximate surface area is 83.0 Å². The number of hydrogen-bond donors (Lipinski definition) is 0. The van der Waals surface area contributed by atoms with Crippen molar-refractivity contribution in [2.75, 3.05) is 11.9 Å². The Hall–Kier alpha value is -1.19. The summed E-state index contributed by atoms with van der Waals surface area (Å²) in [5.41, 5.74) is 0. The highest BCUT2D eigenvalue weighted by Crippen LogP contribution is 2.25. The lowest BCUT2D eigenvalue weighted by Crippen LogP contribution is -2.29.